The van der Waals surface area contributed by atoms with Crippen molar-refractivity contribution in [3.05, 3.63) is 59.5 Å². The molecule has 0 unspecified atom stereocenters. The van der Waals surface area contributed by atoms with Gasteiger partial charge in [0, 0.05) is 18.0 Å². The molecule has 8 heteroatoms. The Morgan fingerprint density at radius 3 is 2.41 bits per heavy atom. The van der Waals surface area contributed by atoms with Crippen LogP contribution in [-0.4, -0.2) is 54.8 Å². The van der Waals surface area contributed by atoms with Gasteiger partial charge in [-0.2, -0.15) is 4.98 Å². The first-order chi connectivity index (χ1) is 17.8. The molecule has 0 saturated carbocycles. The van der Waals surface area contributed by atoms with Crippen LogP contribution in [0.4, 0.5) is 0 Å². The summed E-state index contributed by atoms with van der Waals surface area (Å²) in [6.45, 7) is 9.43. The van der Waals surface area contributed by atoms with Gasteiger partial charge < -0.3 is 19.3 Å². The van der Waals surface area contributed by atoms with Crippen molar-refractivity contribution in [2.75, 3.05) is 33.9 Å². The molecule has 2 aromatic carbocycles. The van der Waals surface area contributed by atoms with E-state index in [0.717, 1.165) is 43.5 Å². The number of methoxy groups -OCH3 is 2. The van der Waals surface area contributed by atoms with Crippen molar-refractivity contribution in [1.29, 1.82) is 0 Å². The number of hydrogen-bond donors (Lipinski definition) is 1. The summed E-state index contributed by atoms with van der Waals surface area (Å²) in [4.78, 5) is 19.6. The van der Waals surface area contributed by atoms with E-state index in [4.69, 9.17) is 14.0 Å². The second kappa shape index (κ2) is 11.8. The van der Waals surface area contributed by atoms with Crippen LogP contribution in [0.3, 0.4) is 0 Å². The Labute approximate surface area is 219 Å². The summed E-state index contributed by atoms with van der Waals surface area (Å²) in [7, 11) is 3.24. The van der Waals surface area contributed by atoms with E-state index in [1.54, 1.807) is 14.2 Å². The molecule has 37 heavy (non-hydrogen) atoms. The molecule has 0 radical (unpaired) electrons. The smallest absolute Gasteiger partial charge is 0.241 e. The maximum Gasteiger partial charge on any atom is 0.241 e. The summed E-state index contributed by atoms with van der Waals surface area (Å²) in [5.74, 6) is 2.77. The second-order valence-electron chi connectivity index (χ2n) is 10.6. The number of rotatable bonds is 9. The first kappa shape index (κ1) is 26.7. The number of amides is 1. The zero-order valence-electron chi connectivity index (χ0n) is 22.5. The lowest BCUT2D eigenvalue weighted by atomic mass is 9.87. The second-order valence-corrected chi connectivity index (χ2v) is 10.6. The quantitative estimate of drug-likeness (QED) is 0.453. The van der Waals surface area contributed by atoms with Gasteiger partial charge in [0.2, 0.25) is 17.6 Å². The summed E-state index contributed by atoms with van der Waals surface area (Å²) in [5.41, 5.74) is 3.42. The van der Waals surface area contributed by atoms with Crippen molar-refractivity contribution < 1.29 is 18.8 Å². The predicted octanol–water partition coefficient (Wildman–Crippen LogP) is 4.62. The van der Waals surface area contributed by atoms with Crippen molar-refractivity contribution in [3.8, 4) is 22.9 Å². The van der Waals surface area contributed by atoms with Gasteiger partial charge in [-0.1, -0.05) is 56.3 Å². The number of benzene rings is 2. The largest absolute Gasteiger partial charge is 0.493 e. The topological polar surface area (TPSA) is 89.7 Å². The van der Waals surface area contributed by atoms with Gasteiger partial charge in [0.15, 0.2) is 11.5 Å². The molecule has 1 fully saturated rings. The van der Waals surface area contributed by atoms with Gasteiger partial charge >= 0.3 is 0 Å². The number of carbonyl (C=O) groups is 1. The summed E-state index contributed by atoms with van der Waals surface area (Å²) >= 11 is 0. The molecule has 8 nitrogen and oxygen atoms in total. The summed E-state index contributed by atoms with van der Waals surface area (Å²) in [6.07, 6.45) is 2.37. The van der Waals surface area contributed by atoms with E-state index in [1.807, 2.05) is 30.3 Å². The van der Waals surface area contributed by atoms with E-state index >= 15 is 0 Å². The molecule has 3 aromatic rings. The lowest BCUT2D eigenvalue weighted by Crippen LogP contribution is -2.40. The number of ether oxygens (including phenoxy) is 2. The fourth-order valence-electron chi connectivity index (χ4n) is 4.61. The number of piperidine rings is 1. The first-order valence-electron chi connectivity index (χ1n) is 12.9. The van der Waals surface area contributed by atoms with Crippen molar-refractivity contribution in [2.45, 2.75) is 52.0 Å². The Hall–Kier alpha value is -3.39. The van der Waals surface area contributed by atoms with Crippen LogP contribution in [0.1, 0.15) is 50.6 Å². The van der Waals surface area contributed by atoms with E-state index in [-0.39, 0.29) is 17.2 Å². The Morgan fingerprint density at radius 2 is 1.76 bits per heavy atom. The highest BCUT2D eigenvalue weighted by Gasteiger charge is 2.26. The van der Waals surface area contributed by atoms with Crippen molar-refractivity contribution in [1.82, 2.24) is 20.4 Å². The van der Waals surface area contributed by atoms with Gasteiger partial charge in [-0.3, -0.25) is 9.69 Å². The number of carbonyl (C=O) groups excluding carboxylic acids is 1. The summed E-state index contributed by atoms with van der Waals surface area (Å²) in [5, 5.41) is 7.27. The highest BCUT2D eigenvalue weighted by atomic mass is 16.5. The third kappa shape index (κ3) is 6.89. The molecule has 0 bridgehead atoms. The molecule has 0 aliphatic carbocycles. The van der Waals surface area contributed by atoms with E-state index in [0.29, 0.717) is 36.3 Å². The molecule has 1 saturated heterocycles. The zero-order chi connectivity index (χ0) is 26.4. The molecule has 198 valence electrons. The Balaban J connectivity index is 1.21. The molecular formula is C29H38N4O4. The standard InChI is InChI=1S/C29H38N4O4/c1-29(2,3)23-9-7-21(8-10-23)27-31-26(37-32-27)19-33-16-13-22(14-17-33)28(34)30-15-12-20-6-11-24(35-4)25(18-20)36-5/h6-11,18,22H,12-17,19H2,1-5H3,(H,30,34). The van der Waals surface area contributed by atoms with Crippen LogP contribution in [0.15, 0.2) is 47.0 Å². The molecule has 4 rings (SSSR count). The predicted molar refractivity (Wildman–Crippen MR) is 143 cm³/mol. The maximum absolute atomic E-state index is 12.7. The Bertz CT molecular complexity index is 1180. The fraction of sp³-hybridized carbons (Fsp3) is 0.483. The molecule has 1 aliphatic heterocycles. The highest BCUT2D eigenvalue weighted by Crippen LogP contribution is 2.28. The van der Waals surface area contributed by atoms with Gasteiger partial charge in [-0.05, 0) is 61.0 Å². The van der Waals surface area contributed by atoms with Gasteiger partial charge in [0.1, 0.15) is 0 Å². The lowest BCUT2D eigenvalue weighted by molar-refractivity contribution is -0.126. The summed E-state index contributed by atoms with van der Waals surface area (Å²) < 4.78 is 16.2. The van der Waals surface area contributed by atoms with Crippen LogP contribution in [-0.2, 0) is 23.2 Å². The van der Waals surface area contributed by atoms with Crippen molar-refractivity contribution in [3.63, 3.8) is 0 Å². The zero-order valence-corrected chi connectivity index (χ0v) is 22.5. The van der Waals surface area contributed by atoms with Gasteiger partial charge in [0.05, 0.1) is 20.8 Å². The minimum absolute atomic E-state index is 0.0289. The molecule has 0 spiro atoms. The van der Waals surface area contributed by atoms with Crippen molar-refractivity contribution in [2.24, 2.45) is 5.92 Å². The molecule has 1 amide bonds. The Morgan fingerprint density at radius 1 is 1.05 bits per heavy atom. The molecule has 1 aromatic heterocycles. The van der Waals surface area contributed by atoms with Gasteiger partial charge in [-0.15, -0.1) is 0 Å². The first-order valence-corrected chi connectivity index (χ1v) is 12.9. The van der Waals surface area contributed by atoms with Crippen LogP contribution < -0.4 is 14.8 Å². The molecule has 1 aliphatic rings. The minimum atomic E-state index is 0.0289. The molecule has 1 N–H and O–H groups in total. The highest BCUT2D eigenvalue weighted by molar-refractivity contribution is 5.78. The normalized spacial score (nSPS) is 14.9. The van der Waals surface area contributed by atoms with E-state index < -0.39 is 0 Å². The number of hydrogen-bond acceptors (Lipinski definition) is 7. The SMILES string of the molecule is COc1ccc(CCNC(=O)C2CCN(Cc3nc(-c4ccc(C(C)(C)C)cc4)no3)CC2)cc1OC. The summed E-state index contributed by atoms with van der Waals surface area (Å²) in [6, 6.07) is 14.2. The number of aromatic nitrogens is 2. The van der Waals surface area contributed by atoms with Crippen molar-refractivity contribution >= 4 is 5.91 Å². The van der Waals surface area contributed by atoms with Crippen LogP contribution in [0.5, 0.6) is 11.5 Å². The number of nitrogens with one attached hydrogen (secondary N) is 1. The third-order valence-electron chi connectivity index (χ3n) is 6.96. The van der Waals surface area contributed by atoms with Crippen LogP contribution in [0.25, 0.3) is 11.4 Å². The van der Waals surface area contributed by atoms with E-state index in [9.17, 15) is 4.79 Å². The third-order valence-corrected chi connectivity index (χ3v) is 6.96. The molecular weight excluding hydrogens is 468 g/mol. The average Bonchev–Trinajstić information content (AvgIpc) is 3.37. The lowest BCUT2D eigenvalue weighted by Gasteiger charge is -2.30. The number of likely N-dealkylation sites (tertiary alicyclic amines) is 1. The average molecular weight is 507 g/mol. The molecule has 2 heterocycles. The minimum Gasteiger partial charge on any atom is -0.493 e. The van der Waals surface area contributed by atoms with E-state index in [2.05, 4.69) is 53.3 Å². The fourth-order valence-corrected chi connectivity index (χ4v) is 4.61. The van der Waals surface area contributed by atoms with Crippen LogP contribution in [0.2, 0.25) is 0 Å². The van der Waals surface area contributed by atoms with Crippen LogP contribution in [0, 0.1) is 5.92 Å². The van der Waals surface area contributed by atoms with E-state index in [1.165, 1.54) is 5.56 Å². The monoisotopic (exact) mass is 506 g/mol. The van der Waals surface area contributed by atoms with Crippen LogP contribution >= 0.6 is 0 Å². The Kier molecular flexibility index (Phi) is 8.48. The van der Waals surface area contributed by atoms with Gasteiger partial charge in [-0.25, -0.2) is 0 Å². The maximum atomic E-state index is 12.7. The number of nitrogens with zero attached hydrogens (tertiary/aromatic N) is 3. The van der Waals surface area contributed by atoms with Gasteiger partial charge in [0.25, 0.3) is 0 Å². The molecule has 0 atom stereocenters.